The second kappa shape index (κ2) is 5.94. The Balaban J connectivity index is 1.73. The van der Waals surface area contributed by atoms with Gasteiger partial charge in [0.05, 0.1) is 24.8 Å². The molecule has 2 aromatic heterocycles. The zero-order valence-corrected chi connectivity index (χ0v) is 12.4. The minimum Gasteiger partial charge on any atom is -0.330 e. The molecule has 0 bridgehead atoms. The van der Waals surface area contributed by atoms with Gasteiger partial charge in [0.1, 0.15) is 0 Å². The SMILES string of the molecule is Cn1nnc(CNC(=O)Nc2cc(Cl)cc3cccnc23)n1. The molecular formula is C13H12ClN7O. The second-order valence-electron chi connectivity index (χ2n) is 4.53. The molecule has 2 heterocycles. The number of tetrazole rings is 1. The lowest BCUT2D eigenvalue weighted by Crippen LogP contribution is -2.28. The number of carbonyl (C=O) groups excluding carboxylic acids is 1. The van der Waals surface area contributed by atoms with Crippen molar-refractivity contribution in [1.82, 2.24) is 30.5 Å². The molecule has 1 aromatic carbocycles. The fraction of sp³-hybridized carbons (Fsp3) is 0.154. The first kappa shape index (κ1) is 14.2. The number of benzene rings is 1. The zero-order chi connectivity index (χ0) is 15.5. The Morgan fingerprint density at radius 2 is 2.27 bits per heavy atom. The summed E-state index contributed by atoms with van der Waals surface area (Å²) in [7, 11) is 1.65. The lowest BCUT2D eigenvalue weighted by molar-refractivity contribution is 0.251. The van der Waals surface area contributed by atoms with Gasteiger partial charge in [-0.2, -0.15) is 4.80 Å². The number of fused-ring (bicyclic) bond motifs is 1. The Bertz CT molecular complexity index is 832. The van der Waals surface area contributed by atoms with Crippen LogP contribution in [-0.4, -0.2) is 31.2 Å². The third-order valence-electron chi connectivity index (χ3n) is 2.87. The van der Waals surface area contributed by atoms with Gasteiger partial charge in [0.25, 0.3) is 0 Å². The average molecular weight is 318 g/mol. The molecule has 2 N–H and O–H groups in total. The van der Waals surface area contributed by atoms with Crippen LogP contribution in [0.1, 0.15) is 5.82 Å². The van der Waals surface area contributed by atoms with Crippen LogP contribution < -0.4 is 10.6 Å². The van der Waals surface area contributed by atoms with E-state index in [0.717, 1.165) is 5.39 Å². The number of hydrogen-bond donors (Lipinski definition) is 2. The zero-order valence-electron chi connectivity index (χ0n) is 11.6. The highest BCUT2D eigenvalue weighted by molar-refractivity contribution is 6.32. The third-order valence-corrected chi connectivity index (χ3v) is 3.09. The molecule has 0 aliphatic rings. The van der Waals surface area contributed by atoms with Crippen LogP contribution in [0.25, 0.3) is 10.9 Å². The number of halogens is 1. The lowest BCUT2D eigenvalue weighted by Gasteiger charge is -2.09. The van der Waals surface area contributed by atoms with Crippen molar-refractivity contribution in [2.45, 2.75) is 6.54 Å². The molecule has 0 aliphatic heterocycles. The molecule has 3 aromatic rings. The molecule has 0 radical (unpaired) electrons. The summed E-state index contributed by atoms with van der Waals surface area (Å²) in [5.74, 6) is 0.423. The molecule has 0 spiro atoms. The van der Waals surface area contributed by atoms with Crippen molar-refractivity contribution >= 4 is 34.2 Å². The molecule has 0 unspecified atom stereocenters. The standard InChI is InChI=1S/C13H12ClN7O/c1-21-19-11(18-20-21)7-16-13(22)17-10-6-9(14)5-8-3-2-4-15-12(8)10/h2-6H,7H2,1H3,(H2,16,17,22). The first-order chi connectivity index (χ1) is 10.6. The van der Waals surface area contributed by atoms with E-state index < -0.39 is 6.03 Å². The molecule has 3 rings (SSSR count). The lowest BCUT2D eigenvalue weighted by atomic mass is 10.2. The Morgan fingerprint density at radius 3 is 3.05 bits per heavy atom. The number of urea groups is 1. The van der Waals surface area contributed by atoms with Crippen LogP contribution in [-0.2, 0) is 13.6 Å². The van der Waals surface area contributed by atoms with E-state index in [-0.39, 0.29) is 6.54 Å². The number of hydrogen-bond acceptors (Lipinski definition) is 5. The van der Waals surface area contributed by atoms with Crippen molar-refractivity contribution in [3.63, 3.8) is 0 Å². The highest BCUT2D eigenvalue weighted by Crippen LogP contribution is 2.26. The van der Waals surface area contributed by atoms with Crippen LogP contribution in [0.3, 0.4) is 0 Å². The van der Waals surface area contributed by atoms with E-state index in [4.69, 9.17) is 11.6 Å². The number of rotatable bonds is 3. The van der Waals surface area contributed by atoms with Crippen LogP contribution in [0.5, 0.6) is 0 Å². The van der Waals surface area contributed by atoms with Gasteiger partial charge < -0.3 is 10.6 Å². The van der Waals surface area contributed by atoms with Crippen LogP contribution in [0.2, 0.25) is 5.02 Å². The van der Waals surface area contributed by atoms with Gasteiger partial charge in [0.2, 0.25) is 0 Å². The highest BCUT2D eigenvalue weighted by atomic mass is 35.5. The number of pyridine rings is 1. The first-order valence-electron chi connectivity index (χ1n) is 6.44. The number of aryl methyl sites for hydroxylation is 1. The number of anilines is 1. The van der Waals surface area contributed by atoms with Crippen molar-refractivity contribution in [2.75, 3.05) is 5.32 Å². The summed E-state index contributed by atoms with van der Waals surface area (Å²) in [5, 5.41) is 18.2. The number of nitrogens with zero attached hydrogens (tertiary/aromatic N) is 5. The molecule has 9 heteroatoms. The van der Waals surface area contributed by atoms with Gasteiger partial charge in [0.15, 0.2) is 5.82 Å². The minimum atomic E-state index is -0.401. The molecular weight excluding hydrogens is 306 g/mol. The largest absolute Gasteiger partial charge is 0.330 e. The van der Waals surface area contributed by atoms with Crippen LogP contribution >= 0.6 is 11.6 Å². The minimum absolute atomic E-state index is 0.172. The normalized spacial score (nSPS) is 10.6. The third kappa shape index (κ3) is 3.12. The van der Waals surface area contributed by atoms with Gasteiger partial charge in [-0.1, -0.05) is 17.7 Å². The predicted octanol–water partition coefficient (Wildman–Crippen LogP) is 1.73. The molecule has 22 heavy (non-hydrogen) atoms. The summed E-state index contributed by atoms with van der Waals surface area (Å²) in [6.07, 6.45) is 1.66. The summed E-state index contributed by atoms with van der Waals surface area (Å²) in [4.78, 5) is 17.6. The van der Waals surface area contributed by atoms with E-state index in [1.54, 1.807) is 25.4 Å². The van der Waals surface area contributed by atoms with Crippen molar-refractivity contribution in [3.8, 4) is 0 Å². The topological polar surface area (TPSA) is 97.6 Å². The molecule has 0 atom stereocenters. The Kier molecular flexibility index (Phi) is 3.84. The number of aromatic nitrogens is 5. The summed E-state index contributed by atoms with van der Waals surface area (Å²) < 4.78 is 0. The summed E-state index contributed by atoms with van der Waals surface area (Å²) in [6.45, 7) is 0.172. The monoisotopic (exact) mass is 317 g/mol. The van der Waals surface area contributed by atoms with Crippen molar-refractivity contribution in [1.29, 1.82) is 0 Å². The average Bonchev–Trinajstić information content (AvgIpc) is 2.91. The van der Waals surface area contributed by atoms with Crippen LogP contribution in [0.4, 0.5) is 10.5 Å². The van der Waals surface area contributed by atoms with Crippen molar-refractivity contribution in [2.24, 2.45) is 7.05 Å². The van der Waals surface area contributed by atoms with E-state index in [1.165, 1.54) is 4.80 Å². The van der Waals surface area contributed by atoms with E-state index in [0.29, 0.717) is 22.1 Å². The summed E-state index contributed by atoms with van der Waals surface area (Å²) in [5.41, 5.74) is 1.20. The van der Waals surface area contributed by atoms with Crippen molar-refractivity contribution < 1.29 is 4.79 Å². The van der Waals surface area contributed by atoms with E-state index in [1.807, 2.05) is 12.1 Å². The first-order valence-corrected chi connectivity index (χ1v) is 6.81. The molecule has 0 saturated carbocycles. The Hall–Kier alpha value is -2.74. The summed E-state index contributed by atoms with van der Waals surface area (Å²) >= 11 is 6.05. The fourth-order valence-corrected chi connectivity index (χ4v) is 2.20. The van der Waals surface area contributed by atoms with Gasteiger partial charge >= 0.3 is 6.03 Å². The van der Waals surface area contributed by atoms with E-state index >= 15 is 0 Å². The van der Waals surface area contributed by atoms with E-state index in [9.17, 15) is 4.79 Å². The number of amides is 2. The number of nitrogens with one attached hydrogen (secondary N) is 2. The smallest absolute Gasteiger partial charge is 0.319 e. The predicted molar refractivity (Wildman–Crippen MR) is 81.4 cm³/mol. The fourth-order valence-electron chi connectivity index (χ4n) is 1.97. The second-order valence-corrected chi connectivity index (χ2v) is 4.97. The molecule has 0 aliphatic carbocycles. The van der Waals surface area contributed by atoms with Gasteiger partial charge in [0, 0.05) is 16.6 Å². The molecule has 0 saturated heterocycles. The van der Waals surface area contributed by atoms with Gasteiger partial charge in [-0.05, 0) is 23.4 Å². The molecule has 112 valence electrons. The van der Waals surface area contributed by atoms with Gasteiger partial charge in [-0.15, -0.1) is 10.2 Å². The quantitative estimate of drug-likeness (QED) is 0.766. The van der Waals surface area contributed by atoms with Gasteiger partial charge in [-0.25, -0.2) is 4.79 Å². The van der Waals surface area contributed by atoms with Gasteiger partial charge in [-0.3, -0.25) is 4.98 Å². The van der Waals surface area contributed by atoms with Crippen LogP contribution in [0, 0.1) is 0 Å². The van der Waals surface area contributed by atoms with Crippen LogP contribution in [0.15, 0.2) is 30.5 Å². The summed E-state index contributed by atoms with van der Waals surface area (Å²) in [6, 6.07) is 6.72. The molecule has 0 fully saturated rings. The maximum absolute atomic E-state index is 12.0. The highest BCUT2D eigenvalue weighted by Gasteiger charge is 2.09. The maximum atomic E-state index is 12.0. The number of carbonyl (C=O) groups is 1. The molecule has 2 amide bonds. The molecule has 8 nitrogen and oxygen atoms in total. The maximum Gasteiger partial charge on any atom is 0.319 e. The Labute approximate surface area is 130 Å². The Morgan fingerprint density at radius 1 is 1.41 bits per heavy atom. The van der Waals surface area contributed by atoms with Crippen molar-refractivity contribution in [3.05, 3.63) is 41.3 Å². The van der Waals surface area contributed by atoms with E-state index in [2.05, 4.69) is 31.0 Å².